The highest BCUT2D eigenvalue weighted by molar-refractivity contribution is 7.85. The maximum absolute atomic E-state index is 10.5. The van der Waals surface area contributed by atoms with Crippen molar-refractivity contribution in [1.82, 2.24) is 5.32 Å². The second kappa shape index (κ2) is 4.39. The predicted molar refractivity (Wildman–Crippen MR) is 53.3 cm³/mol. The Bertz CT molecular complexity index is 241. The first-order valence-corrected chi connectivity index (χ1v) is 5.91. The summed E-state index contributed by atoms with van der Waals surface area (Å²) in [5, 5.41) is 3.17. The maximum Gasteiger partial charge on any atom is 0.265 e. The average Bonchev–Trinajstić information content (AvgIpc) is 1.78. The fourth-order valence-corrected chi connectivity index (χ4v) is 1.74. The van der Waals surface area contributed by atoms with Crippen LogP contribution >= 0.6 is 0 Å². The molecular weight excluding hydrogens is 190 g/mol. The number of nitrogens with one attached hydrogen (secondary N) is 1. The molecule has 0 aromatic carbocycles. The van der Waals surface area contributed by atoms with Crippen LogP contribution in [-0.4, -0.2) is 30.8 Å². The van der Waals surface area contributed by atoms with Crippen LogP contribution in [0.4, 0.5) is 0 Å². The van der Waals surface area contributed by atoms with E-state index in [1.807, 2.05) is 20.8 Å². The summed E-state index contributed by atoms with van der Waals surface area (Å²) < 4.78 is 29.5. The Morgan fingerprint density at radius 3 is 2.15 bits per heavy atom. The summed E-state index contributed by atoms with van der Waals surface area (Å²) in [7, 11) is -3.83. The Labute approximate surface area is 80.5 Å². The third-order valence-corrected chi connectivity index (χ3v) is 2.47. The van der Waals surface area contributed by atoms with E-state index in [-0.39, 0.29) is 17.2 Å². The van der Waals surface area contributed by atoms with Crippen molar-refractivity contribution in [2.24, 2.45) is 5.92 Å². The zero-order valence-electron chi connectivity index (χ0n) is 8.66. The minimum Gasteiger partial charge on any atom is -0.312 e. The van der Waals surface area contributed by atoms with Crippen LogP contribution in [0.3, 0.4) is 0 Å². The van der Waals surface area contributed by atoms with Crippen molar-refractivity contribution < 1.29 is 13.0 Å². The predicted octanol–water partition coefficient (Wildman–Crippen LogP) is 0.898. The molecule has 0 aliphatic rings. The van der Waals surface area contributed by atoms with Crippen molar-refractivity contribution in [2.75, 3.05) is 12.3 Å². The summed E-state index contributed by atoms with van der Waals surface area (Å²) in [5.74, 6) is -0.259. The summed E-state index contributed by atoms with van der Waals surface area (Å²) in [6, 6.07) is 0. The molecule has 0 aromatic heterocycles. The van der Waals surface area contributed by atoms with Crippen LogP contribution in [0.2, 0.25) is 0 Å². The van der Waals surface area contributed by atoms with Gasteiger partial charge in [-0.1, -0.05) is 6.92 Å². The van der Waals surface area contributed by atoms with Gasteiger partial charge in [0.2, 0.25) is 0 Å². The molecule has 1 atom stereocenters. The van der Waals surface area contributed by atoms with Crippen LogP contribution in [0.15, 0.2) is 0 Å². The van der Waals surface area contributed by atoms with Crippen molar-refractivity contribution in [2.45, 2.75) is 33.2 Å². The number of hydrogen-bond acceptors (Lipinski definition) is 3. The van der Waals surface area contributed by atoms with Gasteiger partial charge in [-0.2, -0.15) is 8.42 Å². The lowest BCUT2D eigenvalue weighted by Gasteiger charge is -2.22. The van der Waals surface area contributed by atoms with Crippen molar-refractivity contribution >= 4 is 10.1 Å². The van der Waals surface area contributed by atoms with E-state index >= 15 is 0 Å². The third kappa shape index (κ3) is 9.79. The normalized spacial score (nSPS) is 15.8. The Hall–Kier alpha value is -0.130. The lowest BCUT2D eigenvalue weighted by atomic mass is 10.1. The lowest BCUT2D eigenvalue weighted by Crippen LogP contribution is -2.39. The molecule has 0 spiro atoms. The van der Waals surface area contributed by atoms with Crippen LogP contribution in [0.5, 0.6) is 0 Å². The molecule has 0 amide bonds. The molecule has 2 N–H and O–H groups in total. The van der Waals surface area contributed by atoms with Gasteiger partial charge in [0.1, 0.15) is 0 Å². The average molecular weight is 209 g/mol. The van der Waals surface area contributed by atoms with Crippen molar-refractivity contribution in [3.8, 4) is 0 Å². The number of hydrogen-bond donors (Lipinski definition) is 2. The molecule has 0 aliphatic heterocycles. The van der Waals surface area contributed by atoms with Crippen molar-refractivity contribution in [3.05, 3.63) is 0 Å². The smallest absolute Gasteiger partial charge is 0.265 e. The summed E-state index contributed by atoms with van der Waals surface area (Å²) in [6.45, 7) is 8.39. The standard InChI is InChI=1S/C8H19NO3S/c1-7(6-13(10,11)12)5-9-8(2,3)4/h7,9H,5-6H2,1-4H3,(H,10,11,12)/t7-/m0/s1. The van der Waals surface area contributed by atoms with E-state index in [9.17, 15) is 8.42 Å². The molecule has 5 heteroatoms. The van der Waals surface area contributed by atoms with Gasteiger partial charge in [0.05, 0.1) is 5.75 Å². The van der Waals surface area contributed by atoms with Gasteiger partial charge in [-0.3, -0.25) is 4.55 Å². The van der Waals surface area contributed by atoms with E-state index in [0.29, 0.717) is 6.54 Å². The fraction of sp³-hybridized carbons (Fsp3) is 1.00. The van der Waals surface area contributed by atoms with Gasteiger partial charge in [-0.15, -0.1) is 0 Å². The van der Waals surface area contributed by atoms with Gasteiger partial charge < -0.3 is 5.32 Å². The van der Waals surface area contributed by atoms with Gasteiger partial charge in [0.15, 0.2) is 0 Å². The van der Waals surface area contributed by atoms with Crippen LogP contribution in [-0.2, 0) is 10.1 Å². The highest BCUT2D eigenvalue weighted by Crippen LogP contribution is 2.03. The molecule has 0 saturated carbocycles. The first-order valence-electron chi connectivity index (χ1n) is 4.30. The Morgan fingerprint density at radius 1 is 1.38 bits per heavy atom. The van der Waals surface area contributed by atoms with E-state index in [1.165, 1.54) is 0 Å². The Morgan fingerprint density at radius 2 is 1.85 bits per heavy atom. The molecule has 0 aromatic rings. The summed E-state index contributed by atoms with van der Waals surface area (Å²) in [4.78, 5) is 0. The molecule has 0 unspecified atom stereocenters. The Kier molecular flexibility index (Phi) is 4.35. The minimum atomic E-state index is -3.83. The lowest BCUT2D eigenvalue weighted by molar-refractivity contribution is 0.387. The topological polar surface area (TPSA) is 66.4 Å². The SMILES string of the molecule is C[C@@H](CNC(C)(C)C)CS(=O)(=O)O. The van der Waals surface area contributed by atoms with E-state index in [1.54, 1.807) is 6.92 Å². The monoisotopic (exact) mass is 209 g/mol. The van der Waals surface area contributed by atoms with E-state index in [4.69, 9.17) is 4.55 Å². The van der Waals surface area contributed by atoms with Gasteiger partial charge in [-0.05, 0) is 33.2 Å². The molecule has 0 bridgehead atoms. The van der Waals surface area contributed by atoms with Crippen LogP contribution in [0.25, 0.3) is 0 Å². The molecule has 0 saturated heterocycles. The quantitative estimate of drug-likeness (QED) is 0.675. The highest BCUT2D eigenvalue weighted by Gasteiger charge is 2.15. The van der Waals surface area contributed by atoms with Gasteiger partial charge in [0.25, 0.3) is 10.1 Å². The molecular formula is C8H19NO3S. The van der Waals surface area contributed by atoms with Crippen LogP contribution in [0, 0.1) is 5.92 Å². The van der Waals surface area contributed by atoms with Crippen LogP contribution in [0.1, 0.15) is 27.7 Å². The molecule has 0 radical (unpaired) electrons. The van der Waals surface area contributed by atoms with Crippen molar-refractivity contribution in [3.63, 3.8) is 0 Å². The first-order chi connectivity index (χ1) is 5.60. The maximum atomic E-state index is 10.5. The molecule has 80 valence electrons. The zero-order chi connectivity index (χ0) is 10.7. The third-order valence-electron chi connectivity index (χ3n) is 1.48. The first kappa shape index (κ1) is 12.9. The highest BCUT2D eigenvalue weighted by atomic mass is 32.2. The summed E-state index contributed by atoms with van der Waals surface area (Å²) >= 11 is 0. The summed E-state index contributed by atoms with van der Waals surface area (Å²) in [6.07, 6.45) is 0. The fourth-order valence-electron chi connectivity index (χ4n) is 0.899. The molecule has 0 aliphatic carbocycles. The second-order valence-corrected chi connectivity index (χ2v) is 5.98. The largest absolute Gasteiger partial charge is 0.312 e. The molecule has 0 fully saturated rings. The van der Waals surface area contributed by atoms with Gasteiger partial charge in [-0.25, -0.2) is 0 Å². The molecule has 13 heavy (non-hydrogen) atoms. The van der Waals surface area contributed by atoms with E-state index < -0.39 is 10.1 Å². The van der Waals surface area contributed by atoms with E-state index in [2.05, 4.69) is 5.32 Å². The number of rotatable bonds is 4. The van der Waals surface area contributed by atoms with Gasteiger partial charge >= 0.3 is 0 Å². The van der Waals surface area contributed by atoms with Gasteiger partial charge in [0, 0.05) is 5.54 Å². The summed E-state index contributed by atoms with van der Waals surface area (Å²) in [5.41, 5.74) is -0.0204. The second-order valence-electron chi connectivity index (χ2n) is 4.48. The molecule has 0 rings (SSSR count). The zero-order valence-corrected chi connectivity index (χ0v) is 9.48. The van der Waals surface area contributed by atoms with E-state index in [0.717, 1.165) is 0 Å². The van der Waals surface area contributed by atoms with Crippen LogP contribution < -0.4 is 5.32 Å². The van der Waals surface area contributed by atoms with Crippen molar-refractivity contribution in [1.29, 1.82) is 0 Å². The Balaban J connectivity index is 3.84. The molecule has 0 heterocycles. The minimum absolute atomic E-state index is 0.0204. The molecule has 4 nitrogen and oxygen atoms in total.